The van der Waals surface area contributed by atoms with Crippen LogP contribution in [0, 0.1) is 0 Å². The van der Waals surface area contributed by atoms with Crippen LogP contribution in [0.5, 0.6) is 0 Å². The quantitative estimate of drug-likeness (QED) is 0.400. The molecule has 2 aromatic rings. The summed E-state index contributed by atoms with van der Waals surface area (Å²) >= 11 is 1.39. The molecule has 0 bridgehead atoms. The molecule has 1 aromatic carbocycles. The van der Waals surface area contributed by atoms with E-state index in [-0.39, 0.29) is 36.6 Å². The molecule has 1 unspecified atom stereocenters. The Bertz CT molecular complexity index is 1160. The summed E-state index contributed by atoms with van der Waals surface area (Å²) in [4.78, 5) is 63.9. The van der Waals surface area contributed by atoms with Gasteiger partial charge in [0.25, 0.3) is 5.91 Å². The summed E-state index contributed by atoms with van der Waals surface area (Å²) in [5.74, 6) is -1.98. The number of hydrogen-bond donors (Lipinski definition) is 1. The van der Waals surface area contributed by atoms with Crippen molar-refractivity contribution in [1.29, 1.82) is 0 Å². The number of benzene rings is 1. The molecule has 1 fully saturated rings. The third kappa shape index (κ3) is 4.53. The van der Waals surface area contributed by atoms with Crippen LogP contribution in [0.25, 0.3) is 0 Å². The molecule has 0 aliphatic carbocycles. The summed E-state index contributed by atoms with van der Waals surface area (Å²) in [7, 11) is 0. The molecule has 3 amide bonds. The van der Waals surface area contributed by atoms with Crippen LogP contribution in [0.3, 0.4) is 0 Å². The summed E-state index contributed by atoms with van der Waals surface area (Å²) in [6, 6.07) is 6.48. The predicted molar refractivity (Wildman–Crippen MR) is 123 cm³/mol. The zero-order valence-electron chi connectivity index (χ0n) is 18.9. The van der Waals surface area contributed by atoms with Crippen molar-refractivity contribution in [3.05, 3.63) is 56.8 Å². The highest BCUT2D eigenvalue weighted by atomic mass is 32.1. The first-order valence-corrected chi connectivity index (χ1v) is 11.9. The lowest BCUT2D eigenvalue weighted by molar-refractivity contribution is -0.136. The first kappa shape index (κ1) is 23.0. The predicted octanol–water partition coefficient (Wildman–Crippen LogP) is 3.19. The lowest BCUT2D eigenvalue weighted by Crippen LogP contribution is -2.52. The van der Waals surface area contributed by atoms with Crippen molar-refractivity contribution >= 4 is 40.6 Å². The molecule has 0 spiro atoms. The highest BCUT2D eigenvalue weighted by molar-refractivity contribution is 7.10. The number of carbonyl (C=O) groups is 5. The molecule has 1 saturated heterocycles. The molecule has 2 aliphatic rings. The van der Waals surface area contributed by atoms with Crippen LogP contribution in [0.2, 0.25) is 0 Å². The maximum Gasteiger partial charge on any atom is 0.256 e. The van der Waals surface area contributed by atoms with Gasteiger partial charge in [-0.15, -0.1) is 11.3 Å². The SMILES string of the molecule is CC(C)(C)c1ccc(C(=O)C(=O)CCc2scc3c2CN(C2CCC(=O)NC2=O)C3=O)cc1. The summed E-state index contributed by atoms with van der Waals surface area (Å²) in [5, 5.41) is 4.04. The number of amides is 3. The number of ketones is 2. The van der Waals surface area contributed by atoms with Crippen LogP contribution in [0.15, 0.2) is 29.6 Å². The molecule has 1 atom stereocenters. The molecule has 1 aromatic heterocycles. The Labute approximate surface area is 196 Å². The molecule has 8 heteroatoms. The number of nitrogens with one attached hydrogen (secondary N) is 1. The van der Waals surface area contributed by atoms with E-state index in [0.29, 0.717) is 24.0 Å². The van der Waals surface area contributed by atoms with Crippen LogP contribution >= 0.6 is 11.3 Å². The summed E-state index contributed by atoms with van der Waals surface area (Å²) < 4.78 is 0. The Hall–Kier alpha value is -3.13. The summed E-state index contributed by atoms with van der Waals surface area (Å²) in [6.07, 6.45) is 0.925. The minimum Gasteiger partial charge on any atom is -0.322 e. The van der Waals surface area contributed by atoms with E-state index in [1.807, 2.05) is 12.1 Å². The number of Topliss-reactive ketones (excluding diaryl/α,β-unsaturated/α-hetero) is 2. The molecule has 172 valence electrons. The van der Waals surface area contributed by atoms with Crippen molar-refractivity contribution in [2.45, 2.75) is 64.5 Å². The maximum absolute atomic E-state index is 12.8. The Kier molecular flexibility index (Phi) is 6.05. The fourth-order valence-corrected chi connectivity index (χ4v) is 5.28. The maximum atomic E-state index is 12.8. The van der Waals surface area contributed by atoms with E-state index in [0.717, 1.165) is 16.0 Å². The van der Waals surface area contributed by atoms with Crippen molar-refractivity contribution in [3.63, 3.8) is 0 Å². The fourth-order valence-electron chi connectivity index (χ4n) is 4.24. The normalized spacial score (nSPS) is 18.3. The average Bonchev–Trinajstić information content (AvgIpc) is 3.31. The van der Waals surface area contributed by atoms with Crippen molar-refractivity contribution in [2.75, 3.05) is 0 Å². The molecule has 0 saturated carbocycles. The van der Waals surface area contributed by atoms with Crippen LogP contribution < -0.4 is 5.32 Å². The molecule has 33 heavy (non-hydrogen) atoms. The van der Waals surface area contributed by atoms with Gasteiger partial charge in [0.1, 0.15) is 6.04 Å². The van der Waals surface area contributed by atoms with E-state index in [9.17, 15) is 24.0 Å². The van der Waals surface area contributed by atoms with Gasteiger partial charge in [-0.1, -0.05) is 45.0 Å². The van der Waals surface area contributed by atoms with Crippen LogP contribution in [0.1, 0.15) is 76.8 Å². The molecular weight excluding hydrogens is 440 g/mol. The van der Waals surface area contributed by atoms with Gasteiger partial charge in [0, 0.05) is 35.2 Å². The van der Waals surface area contributed by atoms with Crippen molar-refractivity contribution in [1.82, 2.24) is 10.2 Å². The van der Waals surface area contributed by atoms with Gasteiger partial charge < -0.3 is 4.90 Å². The smallest absolute Gasteiger partial charge is 0.256 e. The molecule has 7 nitrogen and oxygen atoms in total. The van der Waals surface area contributed by atoms with Crippen molar-refractivity contribution in [3.8, 4) is 0 Å². The van der Waals surface area contributed by atoms with Gasteiger partial charge in [-0.3, -0.25) is 29.3 Å². The van der Waals surface area contributed by atoms with E-state index in [1.54, 1.807) is 17.5 Å². The number of nitrogens with zero attached hydrogens (tertiary/aromatic N) is 1. The summed E-state index contributed by atoms with van der Waals surface area (Å²) in [5.41, 5.74) is 2.78. The molecule has 4 rings (SSSR count). The summed E-state index contributed by atoms with van der Waals surface area (Å²) in [6.45, 7) is 6.53. The van der Waals surface area contributed by atoms with E-state index in [4.69, 9.17) is 0 Å². The Morgan fingerprint density at radius 1 is 1.12 bits per heavy atom. The van der Waals surface area contributed by atoms with E-state index >= 15 is 0 Å². The van der Waals surface area contributed by atoms with Crippen LogP contribution in [-0.2, 0) is 32.8 Å². The second-order valence-electron chi connectivity index (χ2n) is 9.53. The van der Waals surface area contributed by atoms with Crippen molar-refractivity contribution < 1.29 is 24.0 Å². The van der Waals surface area contributed by atoms with Gasteiger partial charge in [0.2, 0.25) is 23.4 Å². The number of carbonyl (C=O) groups excluding carboxylic acids is 5. The largest absolute Gasteiger partial charge is 0.322 e. The van der Waals surface area contributed by atoms with Gasteiger partial charge in [-0.2, -0.15) is 0 Å². The highest BCUT2D eigenvalue weighted by Gasteiger charge is 2.40. The first-order chi connectivity index (χ1) is 15.6. The Morgan fingerprint density at radius 3 is 2.45 bits per heavy atom. The number of aryl methyl sites for hydroxylation is 1. The lowest BCUT2D eigenvalue weighted by atomic mass is 9.86. The molecule has 3 heterocycles. The van der Waals surface area contributed by atoms with Gasteiger partial charge in [-0.25, -0.2) is 0 Å². The third-order valence-electron chi connectivity index (χ3n) is 6.23. The fraction of sp³-hybridized carbons (Fsp3) is 0.400. The highest BCUT2D eigenvalue weighted by Crippen LogP contribution is 2.34. The molecule has 0 radical (unpaired) electrons. The lowest BCUT2D eigenvalue weighted by Gasteiger charge is -2.29. The molecular formula is C25H26N2O5S. The number of fused-ring (bicyclic) bond motifs is 1. The van der Waals surface area contributed by atoms with Gasteiger partial charge in [0.15, 0.2) is 0 Å². The Morgan fingerprint density at radius 2 is 1.82 bits per heavy atom. The van der Waals surface area contributed by atoms with Gasteiger partial charge >= 0.3 is 0 Å². The Balaban J connectivity index is 1.40. The second kappa shape index (κ2) is 8.67. The topological polar surface area (TPSA) is 101 Å². The van der Waals surface area contributed by atoms with E-state index in [1.165, 1.54) is 16.2 Å². The van der Waals surface area contributed by atoms with Crippen molar-refractivity contribution in [2.24, 2.45) is 0 Å². The number of piperidine rings is 1. The van der Waals surface area contributed by atoms with Crippen LogP contribution in [0.4, 0.5) is 0 Å². The zero-order valence-corrected chi connectivity index (χ0v) is 19.7. The molecule has 2 aliphatic heterocycles. The van der Waals surface area contributed by atoms with E-state index in [2.05, 4.69) is 26.1 Å². The standard InChI is InChI=1S/C25H26N2O5S/c1-25(2,3)15-6-4-14(5-7-15)22(30)19(28)9-10-20-16-12-27(24(32)17(16)13-33-20)18-8-11-21(29)26-23(18)31/h4-7,13,18H,8-12H2,1-3H3,(H,26,29,31). The minimum atomic E-state index is -0.667. The minimum absolute atomic E-state index is 0.0374. The van der Waals surface area contributed by atoms with Gasteiger partial charge in [-0.05, 0) is 29.4 Å². The monoisotopic (exact) mass is 466 g/mol. The second-order valence-corrected chi connectivity index (χ2v) is 10.5. The zero-order chi connectivity index (χ0) is 23.9. The number of rotatable bonds is 6. The molecule has 1 N–H and O–H groups in total. The van der Waals surface area contributed by atoms with Gasteiger partial charge in [0.05, 0.1) is 5.56 Å². The average molecular weight is 467 g/mol. The number of imide groups is 1. The first-order valence-electron chi connectivity index (χ1n) is 11.0. The number of thiophene rings is 1. The third-order valence-corrected chi connectivity index (χ3v) is 7.32. The van der Waals surface area contributed by atoms with Crippen LogP contribution in [-0.4, -0.2) is 40.2 Å². The van der Waals surface area contributed by atoms with E-state index < -0.39 is 23.5 Å². The number of hydrogen-bond acceptors (Lipinski definition) is 6.